The molecule has 7 heteroatoms. The second-order valence-corrected chi connectivity index (χ2v) is 5.05. The molecule has 1 unspecified atom stereocenters. The number of carboxylic acids is 1. The first-order valence-electron chi connectivity index (χ1n) is 6.73. The third-order valence-corrected chi connectivity index (χ3v) is 3.18. The highest BCUT2D eigenvalue weighted by molar-refractivity contribution is 5.80. The van der Waals surface area contributed by atoms with Crippen LogP contribution in [0.2, 0.25) is 0 Å². The molecule has 0 aromatic heterocycles. The standard InChI is InChI=1S/C15H21NO6/c1-15(20,14(18)19)9-16-13(17)7-5-10-4-6-11(21-2)12(8-10)22-3/h4,6,8,20H,5,7,9H2,1-3H3,(H,16,17)(H,18,19). The van der Waals surface area contributed by atoms with E-state index >= 15 is 0 Å². The van der Waals surface area contributed by atoms with E-state index in [0.29, 0.717) is 17.9 Å². The first-order valence-corrected chi connectivity index (χ1v) is 6.73. The smallest absolute Gasteiger partial charge is 0.337 e. The fraction of sp³-hybridized carbons (Fsp3) is 0.467. The number of aliphatic carboxylic acids is 1. The minimum absolute atomic E-state index is 0.172. The summed E-state index contributed by atoms with van der Waals surface area (Å²) in [5.74, 6) is -0.536. The van der Waals surface area contributed by atoms with Crippen molar-refractivity contribution in [3.05, 3.63) is 23.8 Å². The number of rotatable bonds is 8. The Morgan fingerprint density at radius 2 is 1.86 bits per heavy atom. The minimum Gasteiger partial charge on any atom is -0.493 e. The lowest BCUT2D eigenvalue weighted by molar-refractivity contribution is -0.156. The van der Waals surface area contributed by atoms with Crippen molar-refractivity contribution < 1.29 is 29.3 Å². The molecule has 1 amide bonds. The number of hydrogen-bond acceptors (Lipinski definition) is 5. The predicted molar refractivity (Wildman–Crippen MR) is 79.1 cm³/mol. The molecule has 0 radical (unpaired) electrons. The summed E-state index contributed by atoms with van der Waals surface area (Å²) >= 11 is 0. The van der Waals surface area contributed by atoms with Gasteiger partial charge in [-0.05, 0) is 31.0 Å². The number of methoxy groups -OCH3 is 2. The van der Waals surface area contributed by atoms with Crippen LogP contribution in [-0.4, -0.2) is 48.5 Å². The van der Waals surface area contributed by atoms with E-state index in [1.54, 1.807) is 19.2 Å². The molecule has 122 valence electrons. The number of amides is 1. The van der Waals surface area contributed by atoms with Gasteiger partial charge < -0.3 is 25.0 Å². The molecule has 1 rings (SSSR count). The molecule has 0 heterocycles. The zero-order valence-electron chi connectivity index (χ0n) is 12.9. The Morgan fingerprint density at radius 1 is 1.23 bits per heavy atom. The van der Waals surface area contributed by atoms with Gasteiger partial charge in [0.1, 0.15) is 0 Å². The number of carboxylic acid groups (broad SMARTS) is 1. The first-order chi connectivity index (χ1) is 10.3. The van der Waals surface area contributed by atoms with Crippen LogP contribution < -0.4 is 14.8 Å². The van der Waals surface area contributed by atoms with Gasteiger partial charge >= 0.3 is 5.97 Å². The van der Waals surface area contributed by atoms with Crippen molar-refractivity contribution in [3.63, 3.8) is 0 Å². The lowest BCUT2D eigenvalue weighted by Crippen LogP contribution is -2.46. The van der Waals surface area contributed by atoms with E-state index in [0.717, 1.165) is 12.5 Å². The lowest BCUT2D eigenvalue weighted by atomic mass is 10.1. The summed E-state index contributed by atoms with van der Waals surface area (Å²) in [5.41, 5.74) is -1.09. The maximum atomic E-state index is 11.7. The Labute approximate surface area is 128 Å². The van der Waals surface area contributed by atoms with Crippen LogP contribution in [0, 0.1) is 0 Å². The molecule has 0 bridgehead atoms. The lowest BCUT2D eigenvalue weighted by Gasteiger charge is -2.18. The number of carbonyl (C=O) groups is 2. The van der Waals surface area contributed by atoms with Crippen LogP contribution in [0.3, 0.4) is 0 Å². The zero-order chi connectivity index (χ0) is 16.8. The molecule has 0 aliphatic heterocycles. The second kappa shape index (κ2) is 7.65. The molecule has 0 aliphatic rings. The van der Waals surface area contributed by atoms with Crippen LogP contribution in [0.25, 0.3) is 0 Å². The number of aryl methyl sites for hydroxylation is 1. The quantitative estimate of drug-likeness (QED) is 0.649. The van der Waals surface area contributed by atoms with E-state index in [1.165, 1.54) is 7.11 Å². The maximum absolute atomic E-state index is 11.7. The maximum Gasteiger partial charge on any atom is 0.337 e. The summed E-state index contributed by atoms with van der Waals surface area (Å²) in [6, 6.07) is 5.35. The molecule has 3 N–H and O–H groups in total. The van der Waals surface area contributed by atoms with Gasteiger partial charge in [-0.25, -0.2) is 4.79 Å². The van der Waals surface area contributed by atoms with E-state index < -0.39 is 11.6 Å². The Bertz CT molecular complexity index is 541. The fourth-order valence-corrected chi connectivity index (χ4v) is 1.73. The van der Waals surface area contributed by atoms with Gasteiger partial charge in [-0.15, -0.1) is 0 Å². The van der Waals surface area contributed by atoms with Gasteiger partial charge in [0.25, 0.3) is 0 Å². The van der Waals surface area contributed by atoms with E-state index in [9.17, 15) is 14.7 Å². The van der Waals surface area contributed by atoms with Gasteiger partial charge in [0.05, 0.1) is 20.8 Å². The number of ether oxygens (including phenoxy) is 2. The summed E-state index contributed by atoms with van der Waals surface area (Å²) in [4.78, 5) is 22.4. The van der Waals surface area contributed by atoms with Gasteiger partial charge in [-0.3, -0.25) is 4.79 Å². The van der Waals surface area contributed by atoms with E-state index in [2.05, 4.69) is 5.32 Å². The van der Waals surface area contributed by atoms with Gasteiger partial charge in [-0.1, -0.05) is 6.07 Å². The fourth-order valence-electron chi connectivity index (χ4n) is 1.73. The van der Waals surface area contributed by atoms with Crippen molar-refractivity contribution in [2.24, 2.45) is 0 Å². The molecule has 22 heavy (non-hydrogen) atoms. The van der Waals surface area contributed by atoms with Crippen LogP contribution in [0.15, 0.2) is 18.2 Å². The molecule has 1 aromatic carbocycles. The third-order valence-electron chi connectivity index (χ3n) is 3.18. The van der Waals surface area contributed by atoms with Gasteiger partial charge in [0.15, 0.2) is 17.1 Å². The Balaban J connectivity index is 2.52. The zero-order valence-corrected chi connectivity index (χ0v) is 12.9. The highest BCUT2D eigenvalue weighted by Crippen LogP contribution is 2.27. The van der Waals surface area contributed by atoms with Gasteiger partial charge in [0.2, 0.25) is 5.91 Å². The van der Waals surface area contributed by atoms with Crippen molar-refractivity contribution in [2.45, 2.75) is 25.4 Å². The summed E-state index contributed by atoms with van der Waals surface area (Å²) in [6.07, 6.45) is 0.632. The Hall–Kier alpha value is -2.28. The van der Waals surface area contributed by atoms with Crippen LogP contribution in [0.1, 0.15) is 18.9 Å². The summed E-state index contributed by atoms with van der Waals surface area (Å²) < 4.78 is 10.3. The first kappa shape index (κ1) is 17.8. The number of nitrogens with one attached hydrogen (secondary N) is 1. The molecular formula is C15H21NO6. The van der Waals surface area contributed by atoms with Crippen molar-refractivity contribution in [1.29, 1.82) is 0 Å². The van der Waals surface area contributed by atoms with Crippen LogP contribution in [0.4, 0.5) is 0 Å². The average molecular weight is 311 g/mol. The highest BCUT2D eigenvalue weighted by atomic mass is 16.5. The number of aliphatic hydroxyl groups is 1. The summed E-state index contributed by atoms with van der Waals surface area (Å²) in [7, 11) is 3.07. The van der Waals surface area contributed by atoms with Gasteiger partial charge in [-0.2, -0.15) is 0 Å². The molecule has 0 saturated carbocycles. The number of hydrogen-bond donors (Lipinski definition) is 3. The van der Waals surface area contributed by atoms with Crippen LogP contribution in [0.5, 0.6) is 11.5 Å². The molecule has 7 nitrogen and oxygen atoms in total. The molecule has 1 aromatic rings. The largest absolute Gasteiger partial charge is 0.493 e. The second-order valence-electron chi connectivity index (χ2n) is 5.05. The van der Waals surface area contributed by atoms with Gasteiger partial charge in [0, 0.05) is 6.42 Å². The number of benzene rings is 1. The van der Waals surface area contributed by atoms with E-state index in [1.807, 2.05) is 6.07 Å². The van der Waals surface area contributed by atoms with Crippen LogP contribution >= 0.6 is 0 Å². The number of carbonyl (C=O) groups excluding carboxylic acids is 1. The molecule has 0 saturated heterocycles. The van der Waals surface area contributed by atoms with Crippen molar-refractivity contribution in [3.8, 4) is 11.5 Å². The average Bonchev–Trinajstić information content (AvgIpc) is 2.50. The SMILES string of the molecule is COc1ccc(CCC(=O)NCC(C)(O)C(=O)O)cc1OC. The monoisotopic (exact) mass is 311 g/mol. The Kier molecular flexibility index (Phi) is 6.18. The van der Waals surface area contributed by atoms with Crippen molar-refractivity contribution in [2.75, 3.05) is 20.8 Å². The molecule has 0 spiro atoms. The summed E-state index contributed by atoms with van der Waals surface area (Å²) in [6.45, 7) is 0.789. The molecule has 0 aliphatic carbocycles. The van der Waals surface area contributed by atoms with Crippen molar-refractivity contribution in [1.82, 2.24) is 5.32 Å². The molecule has 0 fully saturated rings. The molecule has 1 atom stereocenters. The van der Waals surface area contributed by atoms with E-state index in [4.69, 9.17) is 14.6 Å². The topological polar surface area (TPSA) is 105 Å². The Morgan fingerprint density at radius 3 is 2.41 bits per heavy atom. The van der Waals surface area contributed by atoms with Crippen LogP contribution in [-0.2, 0) is 16.0 Å². The normalized spacial score (nSPS) is 13.1. The third kappa shape index (κ3) is 4.92. The molecular weight excluding hydrogens is 290 g/mol. The highest BCUT2D eigenvalue weighted by Gasteiger charge is 2.30. The predicted octanol–water partition coefficient (Wildman–Crippen LogP) is 0.588. The van der Waals surface area contributed by atoms with E-state index in [-0.39, 0.29) is 18.9 Å². The van der Waals surface area contributed by atoms with Crippen molar-refractivity contribution >= 4 is 11.9 Å². The summed E-state index contributed by atoms with van der Waals surface area (Å²) in [5, 5.41) is 20.6. The minimum atomic E-state index is -1.97.